The van der Waals surface area contributed by atoms with E-state index in [4.69, 9.17) is 9.47 Å². The van der Waals surface area contributed by atoms with Gasteiger partial charge in [-0.3, -0.25) is 4.79 Å². The Hall–Kier alpha value is -2.73. The fourth-order valence-electron chi connectivity index (χ4n) is 2.79. The lowest BCUT2D eigenvalue weighted by Crippen LogP contribution is -2.19. The zero-order valence-corrected chi connectivity index (χ0v) is 21.2. The number of benzene rings is 2. The summed E-state index contributed by atoms with van der Waals surface area (Å²) in [7, 11) is 1.55. The molecule has 1 aromatic heterocycles. The second kappa shape index (κ2) is 11.9. The van der Waals surface area contributed by atoms with Crippen LogP contribution in [0.1, 0.15) is 22.5 Å². The molecule has 3 aromatic rings. The van der Waals surface area contributed by atoms with E-state index in [2.05, 4.69) is 43.1 Å². The molecule has 0 aliphatic rings. The summed E-state index contributed by atoms with van der Waals surface area (Å²) in [6.07, 6.45) is 1.53. The molecule has 1 heterocycles. The Labute approximate surface area is 209 Å². The van der Waals surface area contributed by atoms with Crippen LogP contribution in [0.25, 0.3) is 0 Å². The van der Waals surface area contributed by atoms with Crippen LogP contribution in [-0.4, -0.2) is 35.0 Å². The van der Waals surface area contributed by atoms with Gasteiger partial charge in [0.2, 0.25) is 0 Å². The summed E-state index contributed by atoms with van der Waals surface area (Å²) in [5, 5.41) is 4.58. The molecule has 0 aliphatic heterocycles. The van der Waals surface area contributed by atoms with Gasteiger partial charge in [0.1, 0.15) is 12.4 Å². The summed E-state index contributed by atoms with van der Waals surface area (Å²) >= 11 is 3.39. The Morgan fingerprint density at radius 1 is 1.18 bits per heavy atom. The number of aryl methyl sites for hydroxylation is 2. The number of carbonyl (C=O) groups is 1. The van der Waals surface area contributed by atoms with Crippen LogP contribution in [-0.2, 0) is 11.4 Å². The molecule has 0 fully saturated rings. The molecule has 0 unspecified atom stereocenters. The van der Waals surface area contributed by atoms with Gasteiger partial charge in [-0.2, -0.15) is 5.10 Å². The number of aromatic nitrogens is 2. The molecule has 3 rings (SSSR count). The first kappa shape index (κ1) is 24.9. The van der Waals surface area contributed by atoms with E-state index in [-0.39, 0.29) is 24.1 Å². The highest BCUT2D eigenvalue weighted by molar-refractivity contribution is 14.1. The highest BCUT2D eigenvalue weighted by atomic mass is 127. The van der Waals surface area contributed by atoms with Crippen molar-refractivity contribution in [1.29, 1.82) is 0 Å². The molecule has 7 nitrogen and oxygen atoms in total. The summed E-state index contributed by atoms with van der Waals surface area (Å²) in [6, 6.07) is 11.6. The van der Waals surface area contributed by atoms with Crippen molar-refractivity contribution in [2.24, 2.45) is 5.10 Å². The molecule has 0 saturated heterocycles. The predicted octanol–water partition coefficient (Wildman–Crippen LogP) is 4.67. The van der Waals surface area contributed by atoms with Crippen LogP contribution in [0.4, 0.5) is 4.39 Å². The van der Waals surface area contributed by atoms with E-state index >= 15 is 0 Å². The van der Waals surface area contributed by atoms with Gasteiger partial charge in [-0.25, -0.2) is 19.8 Å². The second-order valence-corrected chi connectivity index (χ2v) is 9.07. The molecule has 0 atom stereocenters. The molecule has 0 saturated carbocycles. The minimum absolute atomic E-state index is 0.150. The third kappa shape index (κ3) is 7.67. The monoisotopic (exact) mass is 580 g/mol. The number of carbonyl (C=O) groups excluding carboxylic acids is 1. The SMILES string of the molecule is COc1cc(/C=N\NC(=O)CSc2nc(C)cc(C)n2)cc(I)c1OCc1ccc(F)cc1. The largest absolute Gasteiger partial charge is 0.493 e. The quantitative estimate of drug-likeness (QED) is 0.130. The summed E-state index contributed by atoms with van der Waals surface area (Å²) in [6.45, 7) is 4.05. The predicted molar refractivity (Wildman–Crippen MR) is 134 cm³/mol. The molecule has 0 aliphatic carbocycles. The van der Waals surface area contributed by atoms with Gasteiger partial charge in [-0.15, -0.1) is 0 Å². The van der Waals surface area contributed by atoms with E-state index in [1.54, 1.807) is 25.3 Å². The van der Waals surface area contributed by atoms with Crippen LogP contribution in [0.15, 0.2) is 52.7 Å². The smallest absolute Gasteiger partial charge is 0.250 e. The van der Waals surface area contributed by atoms with Crippen molar-refractivity contribution >= 4 is 46.5 Å². The lowest BCUT2D eigenvalue weighted by Gasteiger charge is -2.13. The Morgan fingerprint density at radius 3 is 2.55 bits per heavy atom. The first-order chi connectivity index (χ1) is 15.8. The summed E-state index contributed by atoms with van der Waals surface area (Å²) in [5.41, 5.74) is 5.79. The van der Waals surface area contributed by atoms with Crippen molar-refractivity contribution in [1.82, 2.24) is 15.4 Å². The first-order valence-electron chi connectivity index (χ1n) is 9.86. The third-order valence-electron chi connectivity index (χ3n) is 4.25. The van der Waals surface area contributed by atoms with Crippen molar-refractivity contribution in [3.05, 3.63) is 74.4 Å². The lowest BCUT2D eigenvalue weighted by atomic mass is 10.2. The van der Waals surface area contributed by atoms with E-state index in [0.717, 1.165) is 26.1 Å². The zero-order chi connectivity index (χ0) is 23.8. The highest BCUT2D eigenvalue weighted by Gasteiger charge is 2.12. The minimum atomic E-state index is -0.293. The van der Waals surface area contributed by atoms with Gasteiger partial charge in [0.05, 0.1) is 22.6 Å². The van der Waals surface area contributed by atoms with Gasteiger partial charge >= 0.3 is 0 Å². The third-order valence-corrected chi connectivity index (χ3v) is 5.89. The molecular weight excluding hydrogens is 558 g/mol. The summed E-state index contributed by atoms with van der Waals surface area (Å²) in [5.74, 6) is 0.698. The fraction of sp³-hybridized carbons (Fsp3) is 0.217. The molecule has 0 spiro atoms. The molecule has 0 radical (unpaired) electrons. The Morgan fingerprint density at radius 2 is 1.88 bits per heavy atom. The number of ether oxygens (including phenoxy) is 2. The van der Waals surface area contributed by atoms with Crippen molar-refractivity contribution in [2.75, 3.05) is 12.9 Å². The maximum Gasteiger partial charge on any atom is 0.250 e. The molecule has 0 bridgehead atoms. The average Bonchev–Trinajstić information content (AvgIpc) is 2.77. The number of rotatable bonds is 9. The van der Waals surface area contributed by atoms with Crippen molar-refractivity contribution in [2.45, 2.75) is 25.6 Å². The number of hydrogen-bond donors (Lipinski definition) is 1. The molecule has 10 heteroatoms. The molecule has 172 valence electrons. The van der Waals surface area contributed by atoms with E-state index in [0.29, 0.717) is 16.7 Å². The van der Waals surface area contributed by atoms with E-state index in [1.807, 2.05) is 26.0 Å². The standard InChI is InChI=1S/C23H22FIN4O3S/c1-14-8-15(2)28-23(27-14)33-13-21(30)29-26-11-17-9-19(25)22(20(10-17)31-3)32-12-16-4-6-18(24)7-5-16/h4-11H,12-13H2,1-3H3,(H,29,30)/b26-11-. The van der Waals surface area contributed by atoms with Gasteiger partial charge in [0.15, 0.2) is 16.7 Å². The Balaban J connectivity index is 1.58. The number of halogens is 2. The highest BCUT2D eigenvalue weighted by Crippen LogP contribution is 2.34. The normalized spacial score (nSPS) is 10.9. The molecule has 1 amide bonds. The number of amides is 1. The number of nitrogens with one attached hydrogen (secondary N) is 1. The number of hydrogen-bond acceptors (Lipinski definition) is 7. The molecular formula is C23H22FIN4O3S. The number of thioether (sulfide) groups is 1. The van der Waals surface area contributed by atoms with Crippen molar-refractivity contribution in [3.63, 3.8) is 0 Å². The maximum absolute atomic E-state index is 13.1. The molecule has 33 heavy (non-hydrogen) atoms. The van der Waals surface area contributed by atoms with Gasteiger partial charge in [0.25, 0.3) is 5.91 Å². The Kier molecular flexibility index (Phi) is 9.01. The number of nitrogens with zero attached hydrogens (tertiary/aromatic N) is 3. The van der Waals surface area contributed by atoms with Gasteiger partial charge in [-0.05, 0) is 77.9 Å². The minimum Gasteiger partial charge on any atom is -0.493 e. The Bertz CT molecular complexity index is 1140. The molecule has 1 N–H and O–H groups in total. The number of methoxy groups -OCH3 is 1. The van der Waals surface area contributed by atoms with Crippen LogP contribution in [0.3, 0.4) is 0 Å². The van der Waals surface area contributed by atoms with E-state index in [9.17, 15) is 9.18 Å². The van der Waals surface area contributed by atoms with Crippen LogP contribution in [0.5, 0.6) is 11.5 Å². The zero-order valence-electron chi connectivity index (χ0n) is 18.3. The summed E-state index contributed by atoms with van der Waals surface area (Å²) in [4.78, 5) is 20.7. The van der Waals surface area contributed by atoms with Gasteiger partial charge < -0.3 is 9.47 Å². The van der Waals surface area contributed by atoms with E-state index < -0.39 is 0 Å². The second-order valence-electron chi connectivity index (χ2n) is 6.96. The maximum atomic E-state index is 13.1. The number of hydrazone groups is 1. The summed E-state index contributed by atoms with van der Waals surface area (Å²) < 4.78 is 25.2. The van der Waals surface area contributed by atoms with E-state index in [1.165, 1.54) is 30.1 Å². The van der Waals surface area contributed by atoms with Crippen molar-refractivity contribution < 1.29 is 18.7 Å². The first-order valence-corrected chi connectivity index (χ1v) is 11.9. The van der Waals surface area contributed by atoms with Crippen LogP contribution >= 0.6 is 34.4 Å². The fourth-order valence-corrected chi connectivity index (χ4v) is 4.31. The van der Waals surface area contributed by atoms with Crippen LogP contribution in [0.2, 0.25) is 0 Å². The van der Waals surface area contributed by atoms with Crippen LogP contribution < -0.4 is 14.9 Å². The molecule has 2 aromatic carbocycles. The van der Waals surface area contributed by atoms with Gasteiger partial charge in [-0.1, -0.05) is 23.9 Å². The van der Waals surface area contributed by atoms with Gasteiger partial charge in [0, 0.05) is 11.4 Å². The van der Waals surface area contributed by atoms with Crippen molar-refractivity contribution in [3.8, 4) is 11.5 Å². The average molecular weight is 580 g/mol. The topological polar surface area (TPSA) is 85.7 Å². The lowest BCUT2D eigenvalue weighted by molar-refractivity contribution is -0.118. The van der Waals surface area contributed by atoms with Crippen LogP contribution in [0, 0.1) is 23.2 Å².